The van der Waals surface area contributed by atoms with Crippen molar-refractivity contribution in [3.8, 4) is 0 Å². The van der Waals surface area contributed by atoms with Crippen molar-refractivity contribution < 1.29 is 14.6 Å². The Morgan fingerprint density at radius 1 is 1.36 bits per heavy atom. The molecule has 0 spiro atoms. The number of amides is 2. The van der Waals surface area contributed by atoms with Gasteiger partial charge in [0.2, 0.25) is 0 Å². The molecule has 3 N–H and O–H groups in total. The second-order valence-electron chi connectivity index (χ2n) is 5.70. The van der Waals surface area contributed by atoms with Gasteiger partial charge in [-0.15, -0.1) is 0 Å². The van der Waals surface area contributed by atoms with E-state index in [4.69, 9.17) is 21.4 Å². The van der Waals surface area contributed by atoms with Gasteiger partial charge in [0.05, 0.1) is 6.61 Å². The highest BCUT2D eigenvalue weighted by Crippen LogP contribution is 2.26. The lowest BCUT2D eigenvalue weighted by molar-refractivity contribution is 0.176. The fourth-order valence-electron chi connectivity index (χ4n) is 2.80. The van der Waals surface area contributed by atoms with Gasteiger partial charge in [0.1, 0.15) is 0 Å². The summed E-state index contributed by atoms with van der Waals surface area (Å²) in [5.74, 6) is 0.377. The van der Waals surface area contributed by atoms with Crippen LogP contribution in [0.3, 0.4) is 0 Å². The van der Waals surface area contributed by atoms with Gasteiger partial charge in [-0.05, 0) is 43.7 Å². The van der Waals surface area contributed by atoms with Gasteiger partial charge >= 0.3 is 6.03 Å². The minimum absolute atomic E-state index is 0.160. The maximum Gasteiger partial charge on any atom is 0.319 e. The Bertz CT molecular complexity index is 502. The zero-order chi connectivity index (χ0) is 15.9. The first kappa shape index (κ1) is 17.1. The lowest BCUT2D eigenvalue weighted by atomic mass is 9.87. The van der Waals surface area contributed by atoms with Gasteiger partial charge in [0.25, 0.3) is 0 Å². The van der Waals surface area contributed by atoms with Gasteiger partial charge in [-0.25, -0.2) is 4.79 Å². The average molecular weight is 327 g/mol. The number of benzene rings is 1. The van der Waals surface area contributed by atoms with Gasteiger partial charge in [-0.3, -0.25) is 0 Å². The third-order valence-corrected chi connectivity index (χ3v) is 4.45. The topological polar surface area (TPSA) is 70.6 Å². The minimum atomic E-state index is -0.230. The average Bonchev–Trinajstić information content (AvgIpc) is 2.51. The predicted octanol–water partition coefficient (Wildman–Crippen LogP) is 3.16. The van der Waals surface area contributed by atoms with E-state index in [1.54, 1.807) is 19.2 Å². The molecule has 0 heterocycles. The molecule has 5 nitrogen and oxygen atoms in total. The Morgan fingerprint density at radius 2 is 2.09 bits per heavy atom. The lowest BCUT2D eigenvalue weighted by Gasteiger charge is -2.28. The zero-order valence-electron chi connectivity index (χ0n) is 12.8. The lowest BCUT2D eigenvalue weighted by Crippen LogP contribution is -2.40. The maximum atomic E-state index is 12.1. The molecule has 0 aliphatic heterocycles. The van der Waals surface area contributed by atoms with Crippen LogP contribution in [0, 0.1) is 5.92 Å². The number of nitrogens with one attached hydrogen (secondary N) is 2. The van der Waals surface area contributed by atoms with Gasteiger partial charge in [-0.2, -0.15) is 0 Å². The first-order valence-electron chi connectivity index (χ1n) is 7.58. The molecule has 2 rings (SSSR count). The third-order valence-electron chi connectivity index (χ3n) is 4.10. The summed E-state index contributed by atoms with van der Waals surface area (Å²) in [6, 6.07) is 5.31. The molecule has 22 heavy (non-hydrogen) atoms. The van der Waals surface area contributed by atoms with Crippen LogP contribution in [0.25, 0.3) is 0 Å². The van der Waals surface area contributed by atoms with Gasteiger partial charge in [0, 0.05) is 36.0 Å². The van der Waals surface area contributed by atoms with Crippen LogP contribution in [-0.4, -0.2) is 30.9 Å². The van der Waals surface area contributed by atoms with E-state index in [1.165, 1.54) is 0 Å². The molecular formula is C16H23ClN2O3. The van der Waals surface area contributed by atoms with Crippen molar-refractivity contribution in [2.45, 2.75) is 38.3 Å². The largest absolute Gasteiger partial charge is 0.396 e. The van der Waals surface area contributed by atoms with E-state index in [-0.39, 0.29) is 18.7 Å². The van der Waals surface area contributed by atoms with Crippen molar-refractivity contribution in [3.05, 3.63) is 28.8 Å². The van der Waals surface area contributed by atoms with Crippen molar-refractivity contribution in [2.24, 2.45) is 5.92 Å². The predicted molar refractivity (Wildman–Crippen MR) is 87.2 cm³/mol. The Balaban J connectivity index is 1.91. The molecule has 2 amide bonds. The van der Waals surface area contributed by atoms with Gasteiger partial charge in [-0.1, -0.05) is 17.7 Å². The van der Waals surface area contributed by atoms with Crippen LogP contribution in [0.1, 0.15) is 31.2 Å². The van der Waals surface area contributed by atoms with E-state index in [1.807, 2.05) is 6.07 Å². The number of methoxy groups -OCH3 is 1. The van der Waals surface area contributed by atoms with E-state index in [0.717, 1.165) is 31.2 Å². The Kier molecular flexibility index (Phi) is 6.49. The quantitative estimate of drug-likeness (QED) is 0.778. The first-order chi connectivity index (χ1) is 10.6. The number of urea groups is 1. The van der Waals surface area contributed by atoms with Crippen molar-refractivity contribution in [2.75, 3.05) is 19.0 Å². The Morgan fingerprint density at radius 3 is 2.73 bits per heavy atom. The molecule has 6 heteroatoms. The van der Waals surface area contributed by atoms with Crippen molar-refractivity contribution in [1.82, 2.24) is 5.32 Å². The molecule has 1 aliphatic rings. The van der Waals surface area contributed by atoms with E-state index in [0.29, 0.717) is 23.2 Å². The second kappa shape index (κ2) is 8.36. The number of anilines is 1. The smallest absolute Gasteiger partial charge is 0.319 e. The summed E-state index contributed by atoms with van der Waals surface area (Å²) in [6.07, 6.45) is 3.71. The Hall–Kier alpha value is -1.30. The van der Waals surface area contributed by atoms with Crippen LogP contribution in [0.4, 0.5) is 10.5 Å². The van der Waals surface area contributed by atoms with Crippen LogP contribution in [0.5, 0.6) is 0 Å². The van der Waals surface area contributed by atoms with Crippen molar-refractivity contribution in [3.63, 3.8) is 0 Å². The maximum absolute atomic E-state index is 12.1. The van der Waals surface area contributed by atoms with Gasteiger partial charge < -0.3 is 20.5 Å². The zero-order valence-corrected chi connectivity index (χ0v) is 13.5. The van der Waals surface area contributed by atoms with Crippen molar-refractivity contribution >= 4 is 23.3 Å². The highest BCUT2D eigenvalue weighted by Gasteiger charge is 2.22. The molecule has 0 unspecified atom stereocenters. The summed E-state index contributed by atoms with van der Waals surface area (Å²) in [5.41, 5.74) is 1.43. The fourth-order valence-corrected chi connectivity index (χ4v) is 3.03. The molecule has 1 aliphatic carbocycles. The number of hydrogen-bond acceptors (Lipinski definition) is 3. The monoisotopic (exact) mass is 326 g/mol. The number of aliphatic hydroxyl groups excluding tert-OH is 1. The number of carbonyl (C=O) groups is 1. The summed E-state index contributed by atoms with van der Waals surface area (Å²) in [7, 11) is 1.59. The second-order valence-corrected chi connectivity index (χ2v) is 6.10. The summed E-state index contributed by atoms with van der Waals surface area (Å²) in [5, 5.41) is 15.5. The molecule has 1 fully saturated rings. The molecule has 0 radical (unpaired) electrons. The number of rotatable bonds is 5. The normalized spacial score (nSPS) is 21.4. The van der Waals surface area contributed by atoms with Crippen LogP contribution < -0.4 is 10.6 Å². The summed E-state index contributed by atoms with van der Waals surface area (Å²) in [6.45, 7) is 0.582. The molecule has 122 valence electrons. The highest BCUT2D eigenvalue weighted by atomic mass is 35.5. The number of halogens is 1. The number of carbonyl (C=O) groups excluding carboxylic acids is 1. The van der Waals surface area contributed by atoms with Crippen LogP contribution in [0.15, 0.2) is 18.2 Å². The first-order valence-corrected chi connectivity index (χ1v) is 7.96. The molecule has 1 saturated carbocycles. The van der Waals surface area contributed by atoms with E-state index in [9.17, 15) is 4.79 Å². The molecule has 1 aromatic rings. The number of hydrogen-bond donors (Lipinski definition) is 3. The summed E-state index contributed by atoms with van der Waals surface area (Å²) >= 11 is 6.14. The number of aliphatic hydroxyl groups is 1. The van der Waals surface area contributed by atoms with E-state index >= 15 is 0 Å². The molecule has 0 saturated heterocycles. The van der Waals surface area contributed by atoms with Crippen LogP contribution in [0.2, 0.25) is 5.02 Å². The standard InChI is InChI=1S/C16H23ClN2O3/c1-22-10-13-14(17)3-2-4-15(13)19-16(21)18-12-7-5-11(9-20)6-8-12/h2-4,11-12,20H,5-10H2,1H3,(H2,18,19,21). The van der Waals surface area contributed by atoms with Crippen molar-refractivity contribution in [1.29, 1.82) is 0 Å². The molecular weight excluding hydrogens is 304 g/mol. The summed E-state index contributed by atoms with van der Waals surface area (Å²) < 4.78 is 5.13. The highest BCUT2D eigenvalue weighted by molar-refractivity contribution is 6.31. The fraction of sp³-hybridized carbons (Fsp3) is 0.562. The third kappa shape index (κ3) is 4.60. The van der Waals surface area contributed by atoms with E-state index in [2.05, 4.69) is 10.6 Å². The van der Waals surface area contributed by atoms with E-state index < -0.39 is 0 Å². The van der Waals surface area contributed by atoms with Gasteiger partial charge in [0.15, 0.2) is 0 Å². The summed E-state index contributed by atoms with van der Waals surface area (Å²) in [4.78, 5) is 12.1. The SMILES string of the molecule is COCc1c(Cl)cccc1NC(=O)NC1CCC(CO)CC1. The van der Waals surface area contributed by atoms with Crippen LogP contribution >= 0.6 is 11.6 Å². The minimum Gasteiger partial charge on any atom is -0.396 e. The number of ether oxygens (including phenoxy) is 1. The molecule has 0 atom stereocenters. The van der Waals surface area contributed by atoms with Crippen LogP contribution in [-0.2, 0) is 11.3 Å². The molecule has 1 aromatic carbocycles. The molecule has 0 aromatic heterocycles. The molecule has 0 bridgehead atoms. The Labute approximate surface area is 136 Å².